The number of benzene rings is 1. The van der Waals surface area contributed by atoms with Gasteiger partial charge in [-0.2, -0.15) is 24.6 Å². The third kappa shape index (κ3) is 2.65. The Morgan fingerprint density at radius 2 is 2.00 bits per heavy atom. The van der Waals surface area contributed by atoms with Crippen molar-refractivity contribution in [1.29, 1.82) is 0 Å². The molecule has 0 bridgehead atoms. The molecule has 0 atom stereocenters. The Morgan fingerprint density at radius 3 is 2.86 bits per heavy atom. The molecule has 0 saturated carbocycles. The maximum Gasteiger partial charge on any atom is 0.259 e. The minimum Gasteiger partial charge on any atom is -0.461 e. The Hall–Kier alpha value is -4.15. The zero-order chi connectivity index (χ0) is 19.1. The molecule has 5 N–H and O–H groups in total. The van der Waals surface area contributed by atoms with E-state index in [4.69, 9.17) is 15.9 Å². The van der Waals surface area contributed by atoms with Crippen molar-refractivity contribution in [1.82, 2.24) is 34.3 Å². The van der Waals surface area contributed by atoms with Crippen molar-refractivity contribution < 1.29 is 4.42 Å². The van der Waals surface area contributed by atoms with Crippen LogP contribution in [0.5, 0.6) is 0 Å². The summed E-state index contributed by atoms with van der Waals surface area (Å²) in [6, 6.07) is 9.26. The average Bonchev–Trinajstić information content (AvgIpc) is 3.41. The molecular weight excluding hydrogens is 360 g/mol. The fourth-order valence-electron chi connectivity index (χ4n) is 2.97. The fraction of sp³-hybridized carbons (Fsp3) is 0.118. The van der Waals surface area contributed by atoms with Gasteiger partial charge < -0.3 is 21.2 Å². The molecule has 140 valence electrons. The standard InChI is InChI=1S/C17H16N10O/c18-11-3-1-4-12-10(11)9-21-26(12)7-6-20-16-23-15(19)27-17(24-16)22-14(25-27)13-5-2-8-28-13/h1-5,8-9H,6-7,18H2,(H3,19,20,22,23,24,25). The van der Waals surface area contributed by atoms with E-state index in [1.165, 1.54) is 4.52 Å². The van der Waals surface area contributed by atoms with Crippen LogP contribution in [0.2, 0.25) is 0 Å². The van der Waals surface area contributed by atoms with Gasteiger partial charge in [0.2, 0.25) is 17.7 Å². The van der Waals surface area contributed by atoms with Crippen LogP contribution in [0.3, 0.4) is 0 Å². The van der Waals surface area contributed by atoms with Crippen LogP contribution in [0.1, 0.15) is 0 Å². The first-order valence-electron chi connectivity index (χ1n) is 8.57. The van der Waals surface area contributed by atoms with Crippen molar-refractivity contribution in [2.75, 3.05) is 23.3 Å². The number of nitrogen functional groups attached to an aromatic ring is 2. The van der Waals surface area contributed by atoms with Crippen molar-refractivity contribution in [3.05, 3.63) is 42.8 Å². The van der Waals surface area contributed by atoms with E-state index in [-0.39, 0.29) is 5.95 Å². The molecule has 11 nitrogen and oxygen atoms in total. The van der Waals surface area contributed by atoms with Gasteiger partial charge in [-0.1, -0.05) is 6.07 Å². The van der Waals surface area contributed by atoms with E-state index < -0.39 is 0 Å². The van der Waals surface area contributed by atoms with Crippen LogP contribution in [0.4, 0.5) is 17.6 Å². The molecule has 4 heterocycles. The molecular formula is C17H16N10O. The lowest BCUT2D eigenvalue weighted by atomic mass is 10.2. The summed E-state index contributed by atoms with van der Waals surface area (Å²) in [5, 5.41) is 12.7. The van der Waals surface area contributed by atoms with E-state index in [2.05, 4.69) is 30.5 Å². The predicted octanol–water partition coefficient (Wildman–Crippen LogP) is 1.41. The molecule has 0 aliphatic heterocycles. The second-order valence-electron chi connectivity index (χ2n) is 6.10. The number of hydrogen-bond donors (Lipinski definition) is 3. The van der Waals surface area contributed by atoms with Gasteiger partial charge in [0.15, 0.2) is 5.76 Å². The van der Waals surface area contributed by atoms with Crippen LogP contribution in [0, 0.1) is 0 Å². The summed E-state index contributed by atoms with van der Waals surface area (Å²) in [5.41, 5.74) is 13.6. The third-order valence-electron chi connectivity index (χ3n) is 4.30. The summed E-state index contributed by atoms with van der Waals surface area (Å²) in [4.78, 5) is 12.9. The zero-order valence-corrected chi connectivity index (χ0v) is 14.6. The van der Waals surface area contributed by atoms with Crippen LogP contribution >= 0.6 is 0 Å². The van der Waals surface area contributed by atoms with Crippen LogP contribution in [0.25, 0.3) is 28.3 Å². The first-order chi connectivity index (χ1) is 13.7. The molecule has 5 rings (SSSR count). The van der Waals surface area contributed by atoms with E-state index in [0.717, 1.165) is 10.9 Å². The molecule has 0 fully saturated rings. The summed E-state index contributed by atoms with van der Waals surface area (Å²) in [6.07, 6.45) is 3.31. The molecule has 0 spiro atoms. The highest BCUT2D eigenvalue weighted by Crippen LogP contribution is 2.20. The van der Waals surface area contributed by atoms with E-state index in [1.54, 1.807) is 24.6 Å². The minimum absolute atomic E-state index is 0.176. The van der Waals surface area contributed by atoms with E-state index in [9.17, 15) is 0 Å². The van der Waals surface area contributed by atoms with Crippen molar-refractivity contribution in [2.24, 2.45) is 0 Å². The molecule has 5 aromatic rings. The Kier molecular flexibility index (Phi) is 3.57. The highest BCUT2D eigenvalue weighted by Gasteiger charge is 2.13. The first kappa shape index (κ1) is 16.1. The molecule has 4 aromatic heterocycles. The minimum atomic E-state index is 0.176. The largest absolute Gasteiger partial charge is 0.461 e. The highest BCUT2D eigenvalue weighted by molar-refractivity contribution is 5.90. The normalized spacial score (nSPS) is 11.4. The smallest absolute Gasteiger partial charge is 0.259 e. The van der Waals surface area contributed by atoms with Crippen LogP contribution < -0.4 is 16.8 Å². The van der Waals surface area contributed by atoms with Crippen molar-refractivity contribution in [3.8, 4) is 11.6 Å². The maximum absolute atomic E-state index is 5.99. The van der Waals surface area contributed by atoms with Crippen LogP contribution in [-0.2, 0) is 6.54 Å². The van der Waals surface area contributed by atoms with Gasteiger partial charge in [0.1, 0.15) is 0 Å². The fourth-order valence-corrected chi connectivity index (χ4v) is 2.97. The van der Waals surface area contributed by atoms with E-state index in [1.807, 2.05) is 22.9 Å². The van der Waals surface area contributed by atoms with Crippen molar-refractivity contribution in [3.63, 3.8) is 0 Å². The van der Waals surface area contributed by atoms with Crippen LogP contribution in [0.15, 0.2) is 47.2 Å². The molecule has 0 amide bonds. The molecule has 0 saturated heterocycles. The van der Waals surface area contributed by atoms with Gasteiger partial charge >= 0.3 is 0 Å². The molecule has 0 unspecified atom stereocenters. The van der Waals surface area contributed by atoms with Gasteiger partial charge in [0, 0.05) is 17.6 Å². The molecule has 1 aromatic carbocycles. The zero-order valence-electron chi connectivity index (χ0n) is 14.6. The molecule has 0 aliphatic carbocycles. The predicted molar refractivity (Wildman–Crippen MR) is 103 cm³/mol. The summed E-state index contributed by atoms with van der Waals surface area (Å²) in [5.74, 6) is 1.79. The number of aromatic nitrogens is 7. The summed E-state index contributed by atoms with van der Waals surface area (Å²) < 4.78 is 8.54. The number of anilines is 3. The Bertz CT molecular complexity index is 1270. The van der Waals surface area contributed by atoms with E-state index >= 15 is 0 Å². The first-order valence-corrected chi connectivity index (χ1v) is 8.57. The van der Waals surface area contributed by atoms with Crippen LogP contribution in [-0.4, -0.2) is 40.9 Å². The second-order valence-corrected chi connectivity index (χ2v) is 6.10. The summed E-state index contributed by atoms with van der Waals surface area (Å²) in [6.45, 7) is 1.14. The quantitative estimate of drug-likeness (QED) is 0.387. The third-order valence-corrected chi connectivity index (χ3v) is 4.30. The maximum atomic E-state index is 5.99. The van der Waals surface area contributed by atoms with Gasteiger partial charge in [-0.05, 0) is 24.3 Å². The molecule has 0 aliphatic rings. The summed E-state index contributed by atoms with van der Waals surface area (Å²) in [7, 11) is 0. The van der Waals surface area contributed by atoms with E-state index in [0.29, 0.717) is 42.1 Å². The number of furan rings is 1. The number of nitrogens with one attached hydrogen (secondary N) is 1. The Labute approximate surface area is 158 Å². The van der Waals surface area contributed by atoms with Gasteiger partial charge in [-0.25, -0.2) is 0 Å². The number of rotatable bonds is 5. The van der Waals surface area contributed by atoms with Crippen molar-refractivity contribution in [2.45, 2.75) is 6.54 Å². The number of nitrogens with zero attached hydrogens (tertiary/aromatic N) is 7. The topological polar surface area (TPSA) is 151 Å². The summed E-state index contributed by atoms with van der Waals surface area (Å²) >= 11 is 0. The van der Waals surface area contributed by atoms with Crippen molar-refractivity contribution >= 4 is 34.3 Å². The second kappa shape index (κ2) is 6.23. The molecule has 28 heavy (non-hydrogen) atoms. The number of fused-ring (bicyclic) bond motifs is 2. The van der Waals surface area contributed by atoms with Gasteiger partial charge in [0.05, 0.1) is 24.5 Å². The van der Waals surface area contributed by atoms with Gasteiger partial charge in [-0.3, -0.25) is 4.68 Å². The SMILES string of the molecule is Nc1cccc2c1cnn2CCNc1nc(N)n2nc(-c3ccco3)nc2n1. The number of nitrogens with two attached hydrogens (primary N) is 2. The Balaban J connectivity index is 1.35. The molecule has 0 radical (unpaired) electrons. The number of hydrogen-bond acceptors (Lipinski definition) is 9. The average molecular weight is 376 g/mol. The lowest BCUT2D eigenvalue weighted by Gasteiger charge is -2.07. The highest BCUT2D eigenvalue weighted by atomic mass is 16.3. The van der Waals surface area contributed by atoms with Gasteiger partial charge in [-0.15, -0.1) is 5.10 Å². The monoisotopic (exact) mass is 376 g/mol. The molecule has 11 heteroatoms. The van der Waals surface area contributed by atoms with Gasteiger partial charge in [0.25, 0.3) is 5.78 Å². The lowest BCUT2D eigenvalue weighted by molar-refractivity contribution is 0.577. The lowest BCUT2D eigenvalue weighted by Crippen LogP contribution is -2.15. The Morgan fingerprint density at radius 1 is 1.07 bits per heavy atom.